The van der Waals surface area contributed by atoms with E-state index in [1.165, 1.54) is 37.4 Å². The van der Waals surface area contributed by atoms with Crippen molar-refractivity contribution < 1.29 is 9.53 Å². The first kappa shape index (κ1) is 29.7. The van der Waals surface area contributed by atoms with Crippen LogP contribution in [0.15, 0.2) is 61.3 Å². The smallest absolute Gasteiger partial charge is 0.256 e. The Kier molecular flexibility index (Phi) is 9.49. The number of aromatic nitrogens is 3. The molecule has 2 fully saturated rings. The van der Waals surface area contributed by atoms with Crippen LogP contribution < -0.4 is 16.0 Å². The van der Waals surface area contributed by atoms with Crippen molar-refractivity contribution in [1.29, 1.82) is 0 Å². The minimum Gasteiger partial charge on any atom is -0.379 e. The minimum atomic E-state index is -0.288. The number of benzene rings is 1. The number of anilines is 4. The summed E-state index contributed by atoms with van der Waals surface area (Å²) in [6, 6.07) is 15.1. The molecule has 0 atom stereocenters. The Morgan fingerprint density at radius 1 is 1.02 bits per heavy atom. The van der Waals surface area contributed by atoms with Crippen molar-refractivity contribution in [3.8, 4) is 0 Å². The Balaban J connectivity index is 1.28. The number of nitrogens with one attached hydrogen (secondary N) is 3. The van der Waals surface area contributed by atoms with E-state index in [1.807, 2.05) is 18.2 Å². The van der Waals surface area contributed by atoms with Crippen LogP contribution >= 0.6 is 0 Å². The highest BCUT2D eigenvalue weighted by molar-refractivity contribution is 5.99. The van der Waals surface area contributed by atoms with Crippen molar-refractivity contribution >= 4 is 29.2 Å². The molecule has 0 bridgehead atoms. The van der Waals surface area contributed by atoms with Gasteiger partial charge in [-0.25, -0.2) is 9.97 Å². The first-order valence-electron chi connectivity index (χ1n) is 15.0. The number of carbonyl (C=O) groups is 1. The predicted octanol–water partition coefficient (Wildman–Crippen LogP) is 5.93. The van der Waals surface area contributed by atoms with Gasteiger partial charge in [-0.1, -0.05) is 45.0 Å². The van der Waals surface area contributed by atoms with Crippen molar-refractivity contribution in [2.75, 3.05) is 43.5 Å². The Labute approximate surface area is 249 Å². The molecule has 3 N–H and O–H groups in total. The van der Waals surface area contributed by atoms with Gasteiger partial charge in [0.1, 0.15) is 17.2 Å². The molecular weight excluding hydrogens is 526 g/mol. The molecule has 0 spiro atoms. The summed E-state index contributed by atoms with van der Waals surface area (Å²) in [5.41, 5.74) is 3.42. The zero-order chi connectivity index (χ0) is 29.5. The number of morpholine rings is 1. The number of nitrogens with zero attached hydrogens (tertiary/aromatic N) is 4. The molecular formula is C33H43N7O2. The van der Waals surface area contributed by atoms with Gasteiger partial charge in [-0.3, -0.25) is 9.69 Å². The average Bonchev–Trinajstić information content (AvgIpc) is 3.01. The van der Waals surface area contributed by atoms with Crippen molar-refractivity contribution in [3.63, 3.8) is 0 Å². The van der Waals surface area contributed by atoms with Crippen molar-refractivity contribution in [2.24, 2.45) is 0 Å². The molecule has 1 aliphatic carbocycles. The zero-order valence-electron chi connectivity index (χ0n) is 25.0. The lowest BCUT2D eigenvalue weighted by Gasteiger charge is -2.38. The third-order valence-electron chi connectivity index (χ3n) is 8.10. The SMILES string of the molecule is C=CCNC(=O)c1cnc(Nc2ccc(C3CCC(N4CCOCC4)CC3)cc2)nc1Nc1cccc(C(C)(C)C)n1. The molecule has 3 aromatic rings. The van der Waals surface area contributed by atoms with Gasteiger partial charge in [0.15, 0.2) is 0 Å². The van der Waals surface area contributed by atoms with Crippen LogP contribution in [0.2, 0.25) is 0 Å². The molecule has 1 saturated heterocycles. The second-order valence-electron chi connectivity index (χ2n) is 12.1. The van der Waals surface area contributed by atoms with Crippen LogP contribution in [-0.4, -0.2) is 64.6 Å². The molecule has 1 amide bonds. The summed E-state index contributed by atoms with van der Waals surface area (Å²) in [6.45, 7) is 14.2. The van der Waals surface area contributed by atoms with Gasteiger partial charge in [-0.15, -0.1) is 6.58 Å². The van der Waals surface area contributed by atoms with Gasteiger partial charge in [0.2, 0.25) is 5.95 Å². The van der Waals surface area contributed by atoms with Gasteiger partial charge in [-0.2, -0.15) is 4.98 Å². The molecule has 9 heteroatoms. The fourth-order valence-electron chi connectivity index (χ4n) is 5.69. The van der Waals surface area contributed by atoms with E-state index in [4.69, 9.17) is 9.72 Å². The highest BCUT2D eigenvalue weighted by atomic mass is 16.5. The van der Waals surface area contributed by atoms with Crippen LogP contribution in [0.1, 0.15) is 74.0 Å². The van der Waals surface area contributed by atoms with Gasteiger partial charge in [0.05, 0.1) is 13.2 Å². The third kappa shape index (κ3) is 7.52. The lowest BCUT2D eigenvalue weighted by molar-refractivity contribution is 0.00730. The number of pyridine rings is 1. The Morgan fingerprint density at radius 3 is 2.45 bits per heavy atom. The van der Waals surface area contributed by atoms with E-state index in [1.54, 1.807) is 6.08 Å². The standard InChI is InChI=1S/C33H43N7O2/c1-5-17-34-31(41)27-22-35-32(39-30(27)38-29-8-6-7-28(37-29)33(2,3)4)36-25-13-9-23(10-14-25)24-11-15-26(16-12-24)40-18-20-42-21-19-40/h5-10,13-14,22,24,26H,1,11-12,15-21H2,2-4H3,(H,34,41)(H2,35,36,37,38,39). The molecule has 5 rings (SSSR count). The Hall–Kier alpha value is -3.82. The first-order chi connectivity index (χ1) is 20.3. The summed E-state index contributed by atoms with van der Waals surface area (Å²) < 4.78 is 5.53. The summed E-state index contributed by atoms with van der Waals surface area (Å²) in [5.74, 6) is 1.68. The molecule has 2 aliphatic rings. The van der Waals surface area contributed by atoms with E-state index in [-0.39, 0.29) is 11.3 Å². The van der Waals surface area contributed by atoms with Crippen LogP contribution in [0.25, 0.3) is 0 Å². The Bertz CT molecular complexity index is 1360. The fourth-order valence-corrected chi connectivity index (χ4v) is 5.69. The van der Waals surface area contributed by atoms with Crippen LogP contribution in [0.4, 0.5) is 23.3 Å². The molecule has 1 aromatic carbocycles. The Morgan fingerprint density at radius 2 is 1.76 bits per heavy atom. The van der Waals surface area contributed by atoms with Crippen LogP contribution in [0.5, 0.6) is 0 Å². The largest absolute Gasteiger partial charge is 0.379 e. The third-order valence-corrected chi connectivity index (χ3v) is 8.10. The van der Waals surface area contributed by atoms with E-state index in [0.29, 0.717) is 41.7 Å². The van der Waals surface area contributed by atoms with Crippen molar-refractivity contribution in [2.45, 2.75) is 63.8 Å². The monoisotopic (exact) mass is 569 g/mol. The second-order valence-corrected chi connectivity index (χ2v) is 12.1. The van der Waals surface area contributed by atoms with E-state index < -0.39 is 0 Å². The highest BCUT2D eigenvalue weighted by Gasteiger charge is 2.27. The fraction of sp³-hybridized carbons (Fsp3) is 0.455. The molecule has 0 radical (unpaired) electrons. The van der Waals surface area contributed by atoms with Crippen LogP contribution in [0, 0.1) is 0 Å². The average molecular weight is 570 g/mol. The van der Waals surface area contributed by atoms with Crippen molar-refractivity contribution in [1.82, 2.24) is 25.2 Å². The van der Waals surface area contributed by atoms with Gasteiger partial charge in [-0.05, 0) is 61.4 Å². The zero-order valence-corrected chi connectivity index (χ0v) is 25.0. The second kappa shape index (κ2) is 13.4. The number of rotatable bonds is 9. The number of ether oxygens (including phenoxy) is 1. The van der Waals surface area contributed by atoms with Gasteiger partial charge in [0, 0.05) is 48.7 Å². The van der Waals surface area contributed by atoms with E-state index >= 15 is 0 Å². The summed E-state index contributed by atoms with van der Waals surface area (Å²) in [7, 11) is 0. The predicted molar refractivity (Wildman–Crippen MR) is 168 cm³/mol. The molecule has 222 valence electrons. The highest BCUT2D eigenvalue weighted by Crippen LogP contribution is 2.35. The molecule has 2 aromatic heterocycles. The number of amides is 1. The van der Waals surface area contributed by atoms with Crippen LogP contribution in [-0.2, 0) is 10.2 Å². The van der Waals surface area contributed by atoms with Gasteiger partial charge in [0.25, 0.3) is 5.91 Å². The normalized spacial score (nSPS) is 19.6. The number of carbonyl (C=O) groups excluding carboxylic acids is 1. The van der Waals surface area contributed by atoms with Gasteiger partial charge < -0.3 is 20.7 Å². The lowest BCUT2D eigenvalue weighted by atomic mass is 9.81. The first-order valence-corrected chi connectivity index (χ1v) is 15.0. The van der Waals surface area contributed by atoms with Crippen molar-refractivity contribution in [3.05, 3.63) is 78.1 Å². The van der Waals surface area contributed by atoms with E-state index in [0.717, 1.165) is 37.7 Å². The van der Waals surface area contributed by atoms with Crippen LogP contribution in [0.3, 0.4) is 0 Å². The summed E-state index contributed by atoms with van der Waals surface area (Å²) >= 11 is 0. The topological polar surface area (TPSA) is 104 Å². The maximum Gasteiger partial charge on any atom is 0.256 e. The molecule has 42 heavy (non-hydrogen) atoms. The minimum absolute atomic E-state index is 0.117. The molecule has 9 nitrogen and oxygen atoms in total. The maximum atomic E-state index is 12.9. The lowest BCUT2D eigenvalue weighted by Crippen LogP contribution is -2.44. The quantitative estimate of drug-likeness (QED) is 0.273. The van der Waals surface area contributed by atoms with E-state index in [9.17, 15) is 4.79 Å². The van der Waals surface area contributed by atoms with E-state index in [2.05, 4.69) is 82.4 Å². The molecule has 1 aliphatic heterocycles. The number of hydrogen-bond donors (Lipinski definition) is 3. The molecule has 3 heterocycles. The summed E-state index contributed by atoms with van der Waals surface area (Å²) in [5, 5.41) is 9.37. The number of hydrogen-bond acceptors (Lipinski definition) is 8. The molecule has 1 saturated carbocycles. The summed E-state index contributed by atoms with van der Waals surface area (Å²) in [6.07, 6.45) is 8.09. The van der Waals surface area contributed by atoms with Gasteiger partial charge >= 0.3 is 0 Å². The maximum absolute atomic E-state index is 12.9. The summed E-state index contributed by atoms with van der Waals surface area (Å²) in [4.78, 5) is 29.4. The molecule has 0 unspecified atom stereocenters.